The van der Waals surface area contributed by atoms with Crippen molar-refractivity contribution in [3.05, 3.63) is 60.2 Å². The average Bonchev–Trinajstić information content (AvgIpc) is 3.10. The number of hydrogen-bond donors (Lipinski definition) is 7. The summed E-state index contributed by atoms with van der Waals surface area (Å²) in [6.07, 6.45) is 13.0. The molecule has 2 aliphatic rings. The molecule has 1 aliphatic carbocycles. The summed E-state index contributed by atoms with van der Waals surface area (Å²) in [5.41, 5.74) is 0.806. The molecule has 7 N–H and O–H groups in total. The molecule has 0 bridgehead atoms. The highest BCUT2D eigenvalue weighted by molar-refractivity contribution is 5.84. The number of aliphatic hydroxyl groups excluding tert-OH is 6. The lowest BCUT2D eigenvalue weighted by atomic mass is 9.81. The van der Waals surface area contributed by atoms with Gasteiger partial charge in [0.15, 0.2) is 6.29 Å². The Morgan fingerprint density at radius 3 is 2.08 bits per heavy atom. The molecular formula is C38H61NO9. The van der Waals surface area contributed by atoms with Gasteiger partial charge in [0.25, 0.3) is 0 Å². The van der Waals surface area contributed by atoms with Gasteiger partial charge in [-0.2, -0.15) is 0 Å². The SMILES string of the molecule is CCCCCCCCCCCCCC[C@@H](O)[C@@H](O)[C@H](COC1OC(CO)C(O)C(O)C1O)NC(=O)C(c1ccccc1)C1C=CC=CC1. The third-order valence-corrected chi connectivity index (χ3v) is 9.66. The third-order valence-electron chi connectivity index (χ3n) is 9.66. The smallest absolute Gasteiger partial charge is 0.228 e. The summed E-state index contributed by atoms with van der Waals surface area (Å²) in [7, 11) is 0. The van der Waals surface area contributed by atoms with Gasteiger partial charge in [-0.15, -0.1) is 0 Å². The predicted octanol–water partition coefficient (Wildman–Crippen LogP) is 4.02. The van der Waals surface area contributed by atoms with Crippen molar-refractivity contribution in [2.45, 2.75) is 152 Å². The number of nitrogens with one attached hydrogen (secondary N) is 1. The molecule has 10 nitrogen and oxygen atoms in total. The lowest BCUT2D eigenvalue weighted by Gasteiger charge is -2.40. The number of benzene rings is 1. The van der Waals surface area contributed by atoms with Crippen LogP contribution in [0.5, 0.6) is 0 Å². The number of hydrogen-bond acceptors (Lipinski definition) is 9. The van der Waals surface area contributed by atoms with Crippen LogP contribution in [-0.2, 0) is 14.3 Å². The van der Waals surface area contributed by atoms with Gasteiger partial charge < -0.3 is 45.4 Å². The zero-order valence-corrected chi connectivity index (χ0v) is 28.7. The summed E-state index contributed by atoms with van der Waals surface area (Å²) in [6.45, 7) is 1.25. The molecular weight excluding hydrogens is 614 g/mol. The molecule has 7 unspecified atom stereocenters. The fourth-order valence-electron chi connectivity index (χ4n) is 6.64. The zero-order valence-electron chi connectivity index (χ0n) is 28.7. The van der Waals surface area contributed by atoms with Crippen molar-refractivity contribution < 1.29 is 44.9 Å². The van der Waals surface area contributed by atoms with Crippen molar-refractivity contribution in [2.24, 2.45) is 5.92 Å². The van der Waals surface area contributed by atoms with E-state index in [1.54, 1.807) is 0 Å². The van der Waals surface area contributed by atoms with E-state index in [0.29, 0.717) is 12.8 Å². The van der Waals surface area contributed by atoms with E-state index in [0.717, 1.165) is 31.2 Å². The monoisotopic (exact) mass is 675 g/mol. The van der Waals surface area contributed by atoms with Crippen LogP contribution in [0.1, 0.15) is 108 Å². The van der Waals surface area contributed by atoms with E-state index in [9.17, 15) is 35.4 Å². The number of allylic oxidation sites excluding steroid dienone is 4. The Kier molecular flexibility index (Phi) is 18.9. The third kappa shape index (κ3) is 12.9. The summed E-state index contributed by atoms with van der Waals surface area (Å²) in [6, 6.07) is 8.29. The van der Waals surface area contributed by atoms with Crippen LogP contribution in [0.2, 0.25) is 0 Å². The summed E-state index contributed by atoms with van der Waals surface area (Å²) < 4.78 is 11.2. The van der Waals surface area contributed by atoms with Crippen LogP contribution < -0.4 is 5.32 Å². The van der Waals surface area contributed by atoms with Gasteiger partial charge >= 0.3 is 0 Å². The molecule has 0 spiro atoms. The van der Waals surface area contributed by atoms with Crippen LogP contribution in [0.15, 0.2) is 54.6 Å². The summed E-state index contributed by atoms with van der Waals surface area (Å²) >= 11 is 0. The van der Waals surface area contributed by atoms with Gasteiger partial charge in [-0.3, -0.25) is 4.79 Å². The molecule has 1 heterocycles. The van der Waals surface area contributed by atoms with E-state index in [1.807, 2.05) is 54.6 Å². The maximum Gasteiger partial charge on any atom is 0.228 e. The van der Waals surface area contributed by atoms with Crippen LogP contribution in [0.25, 0.3) is 0 Å². The van der Waals surface area contributed by atoms with Crippen molar-refractivity contribution in [2.75, 3.05) is 13.2 Å². The van der Waals surface area contributed by atoms with Gasteiger partial charge in [-0.25, -0.2) is 0 Å². The topological polar surface area (TPSA) is 169 Å². The van der Waals surface area contributed by atoms with Crippen molar-refractivity contribution in [3.8, 4) is 0 Å². The molecule has 3 rings (SSSR count). The summed E-state index contributed by atoms with van der Waals surface area (Å²) in [5, 5.41) is 65.7. The van der Waals surface area contributed by atoms with Gasteiger partial charge in [-0.05, 0) is 24.3 Å². The van der Waals surface area contributed by atoms with Crippen LogP contribution in [0.4, 0.5) is 0 Å². The fraction of sp³-hybridized carbons (Fsp3) is 0.711. The number of carbonyl (C=O) groups is 1. The van der Waals surface area contributed by atoms with E-state index in [4.69, 9.17) is 9.47 Å². The molecule has 1 aromatic rings. The molecule has 10 atom stereocenters. The number of rotatable bonds is 23. The molecule has 1 fully saturated rings. The van der Waals surface area contributed by atoms with Crippen molar-refractivity contribution in [1.29, 1.82) is 0 Å². The van der Waals surface area contributed by atoms with Gasteiger partial charge in [0, 0.05) is 0 Å². The van der Waals surface area contributed by atoms with Crippen LogP contribution in [0, 0.1) is 5.92 Å². The van der Waals surface area contributed by atoms with Crippen LogP contribution >= 0.6 is 0 Å². The van der Waals surface area contributed by atoms with Gasteiger partial charge in [0.2, 0.25) is 5.91 Å². The molecule has 1 amide bonds. The molecule has 1 aliphatic heterocycles. The lowest BCUT2D eigenvalue weighted by molar-refractivity contribution is -0.303. The quantitative estimate of drug-likeness (QED) is 0.0848. The van der Waals surface area contributed by atoms with Crippen molar-refractivity contribution in [3.63, 3.8) is 0 Å². The predicted molar refractivity (Wildman–Crippen MR) is 185 cm³/mol. The molecule has 10 heteroatoms. The molecule has 0 saturated carbocycles. The molecule has 272 valence electrons. The van der Waals surface area contributed by atoms with Gasteiger partial charge in [0.1, 0.15) is 30.5 Å². The Morgan fingerprint density at radius 1 is 0.875 bits per heavy atom. The van der Waals surface area contributed by atoms with E-state index in [1.165, 1.54) is 51.4 Å². The zero-order chi connectivity index (χ0) is 34.7. The summed E-state index contributed by atoms with van der Waals surface area (Å²) in [4.78, 5) is 14.0. The maximum atomic E-state index is 14.0. The Balaban J connectivity index is 1.60. The number of carbonyl (C=O) groups excluding carboxylic acids is 1. The maximum absolute atomic E-state index is 14.0. The first-order valence-corrected chi connectivity index (χ1v) is 18.2. The number of ether oxygens (including phenoxy) is 2. The minimum absolute atomic E-state index is 0.132. The first-order chi connectivity index (χ1) is 23.3. The second kappa shape index (κ2) is 22.5. The minimum Gasteiger partial charge on any atom is -0.394 e. The second-order valence-electron chi connectivity index (χ2n) is 13.5. The highest BCUT2D eigenvalue weighted by atomic mass is 16.7. The van der Waals surface area contributed by atoms with Crippen molar-refractivity contribution in [1.82, 2.24) is 5.32 Å². The standard InChI is InChI=1S/C38H61NO9/c1-2-3-4-5-6-7-8-9-10-11-12-19-24-30(41)33(42)29(26-47-38-36(45)35(44)34(43)31(25-40)48-38)39-37(46)32(27-20-15-13-16-21-27)28-22-17-14-18-23-28/h13-18,20-22,28-36,38,40-45H,2-12,19,23-26H2,1H3,(H,39,46)/t28?,29-,30+,31?,32?,33-,34?,35?,36?,38?/m0/s1. The normalized spacial score (nSPS) is 26.6. The number of amides is 1. The van der Waals surface area contributed by atoms with E-state index < -0.39 is 61.5 Å². The Labute approximate surface area is 286 Å². The van der Waals surface area contributed by atoms with E-state index in [2.05, 4.69) is 12.2 Å². The Bertz CT molecular complexity index is 1070. The molecule has 1 aromatic carbocycles. The van der Waals surface area contributed by atoms with E-state index >= 15 is 0 Å². The minimum atomic E-state index is -1.64. The molecule has 0 aromatic heterocycles. The molecule has 1 saturated heterocycles. The Hall–Kier alpha value is -2.15. The molecule has 48 heavy (non-hydrogen) atoms. The fourth-order valence-corrected chi connectivity index (χ4v) is 6.64. The number of unbranched alkanes of at least 4 members (excludes halogenated alkanes) is 11. The number of aliphatic hydroxyl groups is 6. The lowest BCUT2D eigenvalue weighted by Crippen LogP contribution is -2.60. The second-order valence-corrected chi connectivity index (χ2v) is 13.5. The van der Waals surface area contributed by atoms with E-state index in [-0.39, 0.29) is 18.4 Å². The van der Waals surface area contributed by atoms with Gasteiger partial charge in [-0.1, -0.05) is 139 Å². The first-order valence-electron chi connectivity index (χ1n) is 18.2. The van der Waals surface area contributed by atoms with Crippen molar-refractivity contribution >= 4 is 5.91 Å². The largest absolute Gasteiger partial charge is 0.394 e. The molecule has 0 radical (unpaired) electrons. The van der Waals surface area contributed by atoms with Gasteiger partial charge in [0.05, 0.1) is 31.3 Å². The highest BCUT2D eigenvalue weighted by Gasteiger charge is 2.45. The average molecular weight is 676 g/mol. The first kappa shape index (κ1) is 40.3. The Morgan fingerprint density at radius 2 is 1.50 bits per heavy atom. The van der Waals surface area contributed by atoms with Crippen LogP contribution in [-0.4, -0.2) is 98.7 Å². The highest BCUT2D eigenvalue weighted by Crippen LogP contribution is 2.31. The van der Waals surface area contributed by atoms with Crippen LogP contribution in [0.3, 0.4) is 0 Å². The summed E-state index contributed by atoms with van der Waals surface area (Å²) in [5.74, 6) is -1.07.